The number of para-hydroxylation sites is 1. The molecule has 0 aliphatic carbocycles. The lowest BCUT2D eigenvalue weighted by Crippen LogP contribution is -2.41. The van der Waals surface area contributed by atoms with Crippen LogP contribution in [0.25, 0.3) is 5.69 Å². The number of likely N-dealkylation sites (N-methyl/N-ethyl adjacent to an activating group) is 1. The number of hydrogen-bond acceptors (Lipinski definition) is 4. The summed E-state index contributed by atoms with van der Waals surface area (Å²) >= 11 is 0. The zero-order chi connectivity index (χ0) is 19.3. The van der Waals surface area contributed by atoms with Crippen molar-refractivity contribution in [3.05, 3.63) is 48.3 Å². The summed E-state index contributed by atoms with van der Waals surface area (Å²) in [5.74, 6) is 0.829. The third-order valence-corrected chi connectivity index (χ3v) is 4.10. The van der Waals surface area contributed by atoms with E-state index in [1.165, 1.54) is 0 Å². The Morgan fingerprint density at radius 3 is 2.78 bits per heavy atom. The number of ether oxygens (including phenoxy) is 1. The molecule has 148 valence electrons. The highest BCUT2D eigenvalue weighted by molar-refractivity contribution is 5.79. The molecule has 1 heterocycles. The van der Waals surface area contributed by atoms with Gasteiger partial charge in [0.2, 0.25) is 0 Å². The Kier molecular flexibility index (Phi) is 9.37. The van der Waals surface area contributed by atoms with Gasteiger partial charge in [-0.25, -0.2) is 9.67 Å². The molecule has 0 atom stereocenters. The quantitative estimate of drug-likeness (QED) is 0.358. The molecule has 1 aromatic carbocycles. The molecule has 0 fully saturated rings. The largest absolute Gasteiger partial charge is 0.385 e. The molecule has 7 heteroatoms. The van der Waals surface area contributed by atoms with Gasteiger partial charge in [-0.1, -0.05) is 18.2 Å². The first kappa shape index (κ1) is 20.9. The van der Waals surface area contributed by atoms with Gasteiger partial charge in [0.05, 0.1) is 18.4 Å². The van der Waals surface area contributed by atoms with Gasteiger partial charge in [0.15, 0.2) is 5.96 Å². The number of aliphatic imine (C=N–C) groups is 1. The van der Waals surface area contributed by atoms with Crippen molar-refractivity contribution in [3.8, 4) is 5.69 Å². The van der Waals surface area contributed by atoms with Crippen LogP contribution in [0, 0.1) is 0 Å². The first-order valence-electron chi connectivity index (χ1n) is 9.51. The fourth-order valence-corrected chi connectivity index (χ4v) is 2.63. The standard InChI is InChI=1S/C20H32N6O/c1-4-21-20(22-11-13-25(2)12-8-14-27-3)23-15-18-16-24-26(17-18)19-9-6-5-7-10-19/h5-7,9-10,16-17H,4,8,11-15H2,1-3H3,(H2,21,22,23). The summed E-state index contributed by atoms with van der Waals surface area (Å²) in [6.07, 6.45) is 4.93. The van der Waals surface area contributed by atoms with Gasteiger partial charge in [-0.05, 0) is 32.5 Å². The molecular weight excluding hydrogens is 340 g/mol. The minimum absolute atomic E-state index is 0.589. The molecule has 0 aliphatic heterocycles. The van der Waals surface area contributed by atoms with Crippen LogP contribution in [0.2, 0.25) is 0 Å². The Balaban J connectivity index is 1.82. The predicted octanol–water partition coefficient (Wildman–Crippen LogP) is 1.90. The smallest absolute Gasteiger partial charge is 0.191 e. The summed E-state index contributed by atoms with van der Waals surface area (Å²) in [5.41, 5.74) is 2.13. The Labute approximate surface area is 162 Å². The van der Waals surface area contributed by atoms with E-state index in [-0.39, 0.29) is 0 Å². The lowest BCUT2D eigenvalue weighted by atomic mass is 10.3. The molecule has 2 rings (SSSR count). The van der Waals surface area contributed by atoms with Crippen molar-refractivity contribution in [1.82, 2.24) is 25.3 Å². The molecule has 2 aromatic rings. The number of benzene rings is 1. The topological polar surface area (TPSA) is 66.7 Å². The second kappa shape index (κ2) is 12.1. The van der Waals surface area contributed by atoms with Crippen LogP contribution >= 0.6 is 0 Å². The molecular formula is C20H32N6O. The zero-order valence-electron chi connectivity index (χ0n) is 16.7. The Hall–Kier alpha value is -2.38. The van der Waals surface area contributed by atoms with Gasteiger partial charge in [0, 0.05) is 51.7 Å². The lowest BCUT2D eigenvalue weighted by molar-refractivity contribution is 0.180. The van der Waals surface area contributed by atoms with Crippen molar-refractivity contribution < 1.29 is 4.74 Å². The minimum atomic E-state index is 0.589. The summed E-state index contributed by atoms with van der Waals surface area (Å²) in [4.78, 5) is 6.96. The highest BCUT2D eigenvalue weighted by Crippen LogP contribution is 2.08. The van der Waals surface area contributed by atoms with E-state index in [0.29, 0.717) is 6.54 Å². The molecule has 2 N–H and O–H groups in total. The highest BCUT2D eigenvalue weighted by atomic mass is 16.5. The number of guanidine groups is 1. The molecule has 0 saturated carbocycles. The van der Waals surface area contributed by atoms with Crippen molar-refractivity contribution in [3.63, 3.8) is 0 Å². The van der Waals surface area contributed by atoms with E-state index >= 15 is 0 Å². The summed E-state index contributed by atoms with van der Waals surface area (Å²) < 4.78 is 6.97. The van der Waals surface area contributed by atoms with E-state index in [1.54, 1.807) is 7.11 Å². The molecule has 7 nitrogen and oxygen atoms in total. The third-order valence-electron chi connectivity index (χ3n) is 4.10. The van der Waals surface area contributed by atoms with E-state index in [2.05, 4.69) is 39.6 Å². The summed E-state index contributed by atoms with van der Waals surface area (Å²) in [5, 5.41) is 11.1. The maximum Gasteiger partial charge on any atom is 0.191 e. The van der Waals surface area contributed by atoms with Crippen LogP contribution < -0.4 is 10.6 Å². The predicted molar refractivity (Wildman–Crippen MR) is 110 cm³/mol. The number of rotatable bonds is 11. The van der Waals surface area contributed by atoms with Crippen LogP contribution in [0.3, 0.4) is 0 Å². The molecule has 0 saturated heterocycles. The Morgan fingerprint density at radius 2 is 2.04 bits per heavy atom. The molecule has 27 heavy (non-hydrogen) atoms. The fraction of sp³-hybridized carbons (Fsp3) is 0.500. The first-order chi connectivity index (χ1) is 13.2. The van der Waals surface area contributed by atoms with Gasteiger partial charge in [0.1, 0.15) is 0 Å². The first-order valence-corrected chi connectivity index (χ1v) is 9.51. The third kappa shape index (κ3) is 7.80. The molecule has 0 radical (unpaired) electrons. The molecule has 0 amide bonds. The average molecular weight is 373 g/mol. The lowest BCUT2D eigenvalue weighted by Gasteiger charge is -2.18. The van der Waals surface area contributed by atoms with Gasteiger partial charge in [-0.15, -0.1) is 0 Å². The van der Waals surface area contributed by atoms with Crippen molar-refractivity contribution in [2.45, 2.75) is 19.9 Å². The molecule has 0 spiro atoms. The van der Waals surface area contributed by atoms with E-state index in [0.717, 1.165) is 56.4 Å². The number of methoxy groups -OCH3 is 1. The Bertz CT molecular complexity index is 670. The molecule has 0 bridgehead atoms. The van der Waals surface area contributed by atoms with Gasteiger partial charge in [0.25, 0.3) is 0 Å². The van der Waals surface area contributed by atoms with Crippen LogP contribution in [-0.4, -0.2) is 67.6 Å². The second-order valence-electron chi connectivity index (χ2n) is 6.40. The monoisotopic (exact) mass is 372 g/mol. The minimum Gasteiger partial charge on any atom is -0.385 e. The van der Waals surface area contributed by atoms with E-state index in [4.69, 9.17) is 4.74 Å². The number of nitrogens with one attached hydrogen (secondary N) is 2. The highest BCUT2D eigenvalue weighted by Gasteiger charge is 2.03. The Morgan fingerprint density at radius 1 is 1.22 bits per heavy atom. The van der Waals surface area contributed by atoms with Gasteiger partial charge >= 0.3 is 0 Å². The average Bonchev–Trinajstić information content (AvgIpc) is 3.16. The number of hydrogen-bond donors (Lipinski definition) is 2. The fourth-order valence-electron chi connectivity index (χ4n) is 2.63. The molecule has 0 aliphatic rings. The van der Waals surface area contributed by atoms with Crippen LogP contribution in [0.15, 0.2) is 47.7 Å². The van der Waals surface area contributed by atoms with Crippen molar-refractivity contribution in [2.24, 2.45) is 4.99 Å². The summed E-state index contributed by atoms with van der Waals surface area (Å²) in [6, 6.07) is 10.1. The van der Waals surface area contributed by atoms with Crippen LogP contribution in [-0.2, 0) is 11.3 Å². The van der Waals surface area contributed by atoms with E-state index in [9.17, 15) is 0 Å². The van der Waals surface area contributed by atoms with Gasteiger partial charge in [-0.2, -0.15) is 5.10 Å². The van der Waals surface area contributed by atoms with Crippen molar-refractivity contribution in [2.75, 3.05) is 46.9 Å². The summed E-state index contributed by atoms with van der Waals surface area (Å²) in [6.45, 7) is 7.13. The maximum absolute atomic E-state index is 5.09. The van der Waals surface area contributed by atoms with Crippen molar-refractivity contribution in [1.29, 1.82) is 0 Å². The van der Waals surface area contributed by atoms with Crippen LogP contribution in [0.4, 0.5) is 0 Å². The number of nitrogens with zero attached hydrogens (tertiary/aromatic N) is 4. The SMILES string of the molecule is CCNC(=NCc1cnn(-c2ccccc2)c1)NCCN(C)CCCOC. The van der Waals surface area contributed by atoms with Crippen LogP contribution in [0.5, 0.6) is 0 Å². The van der Waals surface area contributed by atoms with Crippen molar-refractivity contribution >= 4 is 5.96 Å². The summed E-state index contributed by atoms with van der Waals surface area (Å²) in [7, 11) is 3.86. The van der Waals surface area contributed by atoms with Gasteiger partial charge < -0.3 is 20.3 Å². The normalized spacial score (nSPS) is 11.8. The van der Waals surface area contributed by atoms with Gasteiger partial charge in [-0.3, -0.25) is 0 Å². The molecule has 1 aromatic heterocycles. The second-order valence-corrected chi connectivity index (χ2v) is 6.40. The maximum atomic E-state index is 5.09. The zero-order valence-corrected chi connectivity index (χ0v) is 16.7. The van der Waals surface area contributed by atoms with E-state index in [1.807, 2.05) is 47.4 Å². The van der Waals surface area contributed by atoms with Crippen LogP contribution in [0.1, 0.15) is 18.9 Å². The number of aromatic nitrogens is 2. The van der Waals surface area contributed by atoms with E-state index < -0.39 is 0 Å². The molecule has 0 unspecified atom stereocenters.